The molecule has 2 aliphatic heterocycles. The second-order valence-electron chi connectivity index (χ2n) is 12.2. The van der Waals surface area contributed by atoms with Crippen molar-refractivity contribution in [3.63, 3.8) is 0 Å². The van der Waals surface area contributed by atoms with E-state index in [0.717, 1.165) is 80.3 Å². The summed E-state index contributed by atoms with van der Waals surface area (Å²) in [5.74, 6) is -0.291. The molecule has 2 saturated heterocycles. The summed E-state index contributed by atoms with van der Waals surface area (Å²) in [6, 6.07) is 17.7. The SMILES string of the molecule is Cc1cc(/C=C/c2nccc(-c3cccc(NC(=O)c4ccc(CN5CCOCC5)cn4)c3C)c2C#N)c(Cl)cc1CN1CCCC1. The van der Waals surface area contributed by atoms with Crippen LogP contribution in [0.1, 0.15) is 62.4 Å². The monoisotopic (exact) mass is 646 g/mol. The zero-order chi connectivity index (χ0) is 32.8. The Balaban J connectivity index is 1.19. The molecule has 0 aliphatic carbocycles. The predicted molar refractivity (Wildman–Crippen MR) is 187 cm³/mol. The maximum atomic E-state index is 13.2. The number of nitriles is 1. The minimum atomic E-state index is -0.291. The van der Waals surface area contributed by atoms with Gasteiger partial charge in [-0.2, -0.15) is 5.26 Å². The Kier molecular flexibility index (Phi) is 10.4. The number of nitrogens with zero attached hydrogens (tertiary/aromatic N) is 5. The lowest BCUT2D eigenvalue weighted by atomic mass is 9.94. The van der Waals surface area contributed by atoms with Crippen molar-refractivity contribution >= 4 is 35.3 Å². The summed E-state index contributed by atoms with van der Waals surface area (Å²) in [7, 11) is 0. The molecular weight excluding hydrogens is 608 g/mol. The van der Waals surface area contributed by atoms with Gasteiger partial charge >= 0.3 is 0 Å². The van der Waals surface area contributed by atoms with Gasteiger partial charge in [0.1, 0.15) is 11.8 Å². The number of halogens is 1. The number of aryl methyl sites for hydroxylation is 1. The molecule has 1 N–H and O–H groups in total. The number of nitrogens with one attached hydrogen (secondary N) is 1. The molecular formula is C38H39ClN6O2. The van der Waals surface area contributed by atoms with Crippen LogP contribution < -0.4 is 5.32 Å². The number of benzene rings is 2. The normalized spacial score (nSPS) is 15.6. The van der Waals surface area contributed by atoms with E-state index >= 15 is 0 Å². The van der Waals surface area contributed by atoms with E-state index in [4.69, 9.17) is 16.3 Å². The van der Waals surface area contributed by atoms with E-state index in [1.807, 2.05) is 49.4 Å². The van der Waals surface area contributed by atoms with Gasteiger partial charge in [-0.3, -0.25) is 24.6 Å². The first-order chi connectivity index (χ1) is 22.9. The van der Waals surface area contributed by atoms with Crippen LogP contribution >= 0.6 is 11.6 Å². The molecule has 0 spiro atoms. The van der Waals surface area contributed by atoms with Gasteiger partial charge < -0.3 is 10.1 Å². The molecule has 0 atom stereocenters. The van der Waals surface area contributed by atoms with Crippen LogP contribution in [0.3, 0.4) is 0 Å². The van der Waals surface area contributed by atoms with Crippen LogP contribution in [-0.4, -0.2) is 65.1 Å². The maximum Gasteiger partial charge on any atom is 0.274 e. The average molecular weight is 647 g/mol. The molecule has 0 unspecified atom stereocenters. The fourth-order valence-electron chi connectivity index (χ4n) is 6.26. The molecule has 9 heteroatoms. The number of morpholine rings is 1. The van der Waals surface area contributed by atoms with Gasteiger partial charge in [0.05, 0.1) is 24.5 Å². The molecule has 240 valence electrons. The molecule has 47 heavy (non-hydrogen) atoms. The second kappa shape index (κ2) is 15.0. The number of likely N-dealkylation sites (tertiary alicyclic amines) is 1. The highest BCUT2D eigenvalue weighted by Crippen LogP contribution is 2.33. The van der Waals surface area contributed by atoms with Gasteiger partial charge in [0, 0.05) is 54.8 Å². The van der Waals surface area contributed by atoms with Gasteiger partial charge in [0.25, 0.3) is 5.91 Å². The number of amides is 1. The molecule has 4 heterocycles. The highest BCUT2D eigenvalue weighted by Gasteiger charge is 2.18. The van der Waals surface area contributed by atoms with Crippen LogP contribution in [0.2, 0.25) is 5.02 Å². The number of ether oxygens (including phenoxy) is 1. The van der Waals surface area contributed by atoms with Crippen molar-refractivity contribution in [3.05, 3.63) is 111 Å². The van der Waals surface area contributed by atoms with Crippen molar-refractivity contribution in [2.75, 3.05) is 44.7 Å². The van der Waals surface area contributed by atoms with Crippen molar-refractivity contribution in [3.8, 4) is 17.2 Å². The largest absolute Gasteiger partial charge is 0.379 e. The number of hydrogen-bond acceptors (Lipinski definition) is 7. The topological polar surface area (TPSA) is 94.4 Å². The Morgan fingerprint density at radius 2 is 1.77 bits per heavy atom. The molecule has 8 nitrogen and oxygen atoms in total. The average Bonchev–Trinajstić information content (AvgIpc) is 3.60. The molecule has 0 radical (unpaired) electrons. The van der Waals surface area contributed by atoms with Gasteiger partial charge in [-0.1, -0.05) is 41.9 Å². The standard InChI is InChI=1S/C38H39ClN6O2/c1-26-20-29(34(39)21-30(26)25-44-14-3-4-15-44)9-11-36-33(22-40)32(12-13-41-36)31-6-5-7-35(27(31)2)43-38(46)37-10-8-28(23-42-37)24-45-16-18-47-19-17-45/h5-13,20-21,23H,3-4,14-19,24-25H2,1-2H3,(H,43,46)/b11-9+. The van der Waals surface area contributed by atoms with Gasteiger partial charge in [-0.25, -0.2) is 0 Å². The minimum Gasteiger partial charge on any atom is -0.379 e. The first-order valence-corrected chi connectivity index (χ1v) is 16.5. The first kappa shape index (κ1) is 32.5. The number of hydrogen-bond donors (Lipinski definition) is 1. The summed E-state index contributed by atoms with van der Waals surface area (Å²) in [6.07, 6.45) is 9.73. The quantitative estimate of drug-likeness (QED) is 0.207. The van der Waals surface area contributed by atoms with Crippen LogP contribution in [0.25, 0.3) is 23.3 Å². The van der Waals surface area contributed by atoms with Gasteiger partial charge in [-0.15, -0.1) is 0 Å². The molecule has 2 aliphatic rings. The van der Waals surface area contributed by atoms with E-state index in [1.54, 1.807) is 18.5 Å². The number of rotatable bonds is 9. The Morgan fingerprint density at radius 3 is 2.51 bits per heavy atom. The van der Waals surface area contributed by atoms with Crippen LogP contribution in [0.15, 0.2) is 60.9 Å². The van der Waals surface area contributed by atoms with Crippen molar-refractivity contribution in [1.82, 2.24) is 19.8 Å². The fourth-order valence-corrected chi connectivity index (χ4v) is 6.51. The Hall–Kier alpha value is -4.39. The van der Waals surface area contributed by atoms with Crippen molar-refractivity contribution < 1.29 is 9.53 Å². The summed E-state index contributed by atoms with van der Waals surface area (Å²) in [4.78, 5) is 26.9. The van der Waals surface area contributed by atoms with E-state index in [9.17, 15) is 10.1 Å². The van der Waals surface area contributed by atoms with E-state index in [-0.39, 0.29) is 5.91 Å². The highest BCUT2D eigenvalue weighted by molar-refractivity contribution is 6.32. The molecule has 1 amide bonds. The number of aromatic nitrogens is 2. The zero-order valence-electron chi connectivity index (χ0n) is 26.9. The Bertz CT molecular complexity index is 1820. The number of carbonyl (C=O) groups is 1. The van der Waals surface area contributed by atoms with Crippen molar-refractivity contribution in [2.24, 2.45) is 0 Å². The number of anilines is 1. The van der Waals surface area contributed by atoms with Crippen LogP contribution in [0.4, 0.5) is 5.69 Å². The predicted octanol–water partition coefficient (Wildman–Crippen LogP) is 7.14. The van der Waals surface area contributed by atoms with Crippen LogP contribution in [0, 0.1) is 25.2 Å². The molecule has 4 aromatic rings. The smallest absolute Gasteiger partial charge is 0.274 e. The number of pyridine rings is 2. The molecule has 2 fully saturated rings. The lowest BCUT2D eigenvalue weighted by Crippen LogP contribution is -2.35. The Morgan fingerprint density at radius 1 is 0.979 bits per heavy atom. The van der Waals surface area contributed by atoms with E-state index in [1.165, 1.54) is 24.0 Å². The van der Waals surface area contributed by atoms with E-state index in [0.29, 0.717) is 27.7 Å². The van der Waals surface area contributed by atoms with Crippen molar-refractivity contribution in [1.29, 1.82) is 5.26 Å². The van der Waals surface area contributed by atoms with Gasteiger partial charge in [-0.05, 0) is 104 Å². The first-order valence-electron chi connectivity index (χ1n) is 16.1. The van der Waals surface area contributed by atoms with Crippen LogP contribution in [0.5, 0.6) is 0 Å². The molecule has 2 aromatic heterocycles. The lowest BCUT2D eigenvalue weighted by molar-refractivity contribution is 0.0341. The lowest BCUT2D eigenvalue weighted by Gasteiger charge is -2.26. The van der Waals surface area contributed by atoms with E-state index < -0.39 is 0 Å². The second-order valence-corrected chi connectivity index (χ2v) is 12.6. The third-order valence-electron chi connectivity index (χ3n) is 9.00. The molecule has 6 rings (SSSR count). The third-order valence-corrected chi connectivity index (χ3v) is 9.33. The molecule has 0 saturated carbocycles. The molecule has 0 bridgehead atoms. The zero-order valence-corrected chi connectivity index (χ0v) is 27.7. The summed E-state index contributed by atoms with van der Waals surface area (Å²) < 4.78 is 5.43. The Labute approximate surface area is 281 Å². The summed E-state index contributed by atoms with van der Waals surface area (Å²) in [5.41, 5.74) is 8.79. The van der Waals surface area contributed by atoms with Crippen LogP contribution in [-0.2, 0) is 17.8 Å². The maximum absolute atomic E-state index is 13.2. The number of carbonyl (C=O) groups excluding carboxylic acids is 1. The summed E-state index contributed by atoms with van der Waals surface area (Å²) >= 11 is 6.72. The van der Waals surface area contributed by atoms with E-state index in [2.05, 4.69) is 50.2 Å². The summed E-state index contributed by atoms with van der Waals surface area (Å²) in [6.45, 7) is 11.3. The van der Waals surface area contributed by atoms with Gasteiger partial charge in [0.15, 0.2) is 0 Å². The fraction of sp³-hybridized carbons (Fsp3) is 0.316. The van der Waals surface area contributed by atoms with Crippen molar-refractivity contribution in [2.45, 2.75) is 39.8 Å². The van der Waals surface area contributed by atoms with Gasteiger partial charge in [0.2, 0.25) is 0 Å². The molecule has 2 aromatic carbocycles. The summed E-state index contributed by atoms with van der Waals surface area (Å²) in [5, 5.41) is 14.0. The highest BCUT2D eigenvalue weighted by atomic mass is 35.5. The third kappa shape index (κ3) is 7.78. The minimum absolute atomic E-state index is 0.291.